The van der Waals surface area contributed by atoms with Crippen molar-refractivity contribution in [3.05, 3.63) is 58.7 Å². The second-order valence-corrected chi connectivity index (χ2v) is 19.9. The van der Waals surface area contributed by atoms with Gasteiger partial charge < -0.3 is 51.2 Å². The van der Waals surface area contributed by atoms with Gasteiger partial charge in [-0.1, -0.05) is 36.4 Å². The first-order chi connectivity index (χ1) is 33.0. The standard InChI is InChI=1S/C52H74N8O8/c1-31(53-3)47(61)57-45(33-21-27-67-28-22-33)51(65)59-25-9-19-43(59)49(63)55-41-17-7-13-37-35(11-5-15-39(37)41)36-12-6-16-40-38(36)14-8-18-42(40)56-50(64)44-20-10-26-60(44)52(66)46(34-23-29-68-30-24-34)58-48(62)32(2)54-4/h5-6,11-12,15-16,31-34,41-46,53-54H,7-10,13-14,17-30H2,1-4H3,(H,55,63)(H,56,64)(H,57,61)(H,58,62)/t31-,32-,41+,42+,43-,44-,45-,46-/m0/s1. The van der Waals surface area contributed by atoms with Crippen molar-refractivity contribution in [2.45, 2.75) is 152 Å². The van der Waals surface area contributed by atoms with Crippen molar-refractivity contribution in [2.75, 3.05) is 53.6 Å². The summed E-state index contributed by atoms with van der Waals surface area (Å²) in [6, 6.07) is 8.64. The van der Waals surface area contributed by atoms with Crippen LogP contribution < -0.4 is 31.9 Å². The lowest BCUT2D eigenvalue weighted by Gasteiger charge is -2.36. The van der Waals surface area contributed by atoms with Gasteiger partial charge in [0.15, 0.2) is 0 Å². The molecule has 0 saturated carbocycles. The molecule has 370 valence electrons. The number of rotatable bonds is 15. The zero-order valence-electron chi connectivity index (χ0n) is 40.5. The van der Waals surface area contributed by atoms with Crippen LogP contribution in [-0.2, 0) is 51.1 Å². The molecule has 68 heavy (non-hydrogen) atoms. The first kappa shape index (κ1) is 49.5. The van der Waals surface area contributed by atoms with Crippen LogP contribution in [-0.4, -0.2) is 135 Å². The van der Waals surface area contributed by atoms with E-state index in [4.69, 9.17) is 9.47 Å². The molecule has 4 aliphatic heterocycles. The molecule has 0 spiro atoms. The van der Waals surface area contributed by atoms with Gasteiger partial charge >= 0.3 is 0 Å². The smallest absolute Gasteiger partial charge is 0.246 e. The average molecular weight is 939 g/mol. The SMILES string of the molecule is CN[C@@H](C)C(=O)N[C@H](C(=O)N1CCC[C@H]1C(=O)N[C@@H]1CCCc2c(-c3cccc4c3CCC[C@H]4NC(=O)[C@@H]3CCCN3C(=O)[C@@H](NC(=O)[C@H](C)NC)C3CCOCC3)cccc21)C1CCOCC1. The molecule has 16 nitrogen and oxygen atoms in total. The highest BCUT2D eigenvalue weighted by Crippen LogP contribution is 2.42. The average Bonchev–Trinajstić information content (AvgIpc) is 4.08. The van der Waals surface area contributed by atoms with Crippen LogP contribution in [0.25, 0.3) is 11.1 Å². The lowest BCUT2D eigenvalue weighted by atomic mass is 9.78. The van der Waals surface area contributed by atoms with Crippen LogP contribution in [0.15, 0.2) is 36.4 Å². The summed E-state index contributed by atoms with van der Waals surface area (Å²) in [5.41, 5.74) is 6.86. The molecule has 2 aromatic carbocycles. The Morgan fingerprint density at radius 2 is 0.941 bits per heavy atom. The molecule has 0 unspecified atom stereocenters. The number of amides is 6. The molecule has 0 radical (unpaired) electrons. The van der Waals surface area contributed by atoms with E-state index < -0.39 is 36.3 Å². The van der Waals surface area contributed by atoms with Gasteiger partial charge in [0, 0.05) is 39.5 Å². The molecule has 0 bridgehead atoms. The minimum Gasteiger partial charge on any atom is -0.381 e. The van der Waals surface area contributed by atoms with Crippen LogP contribution in [0.3, 0.4) is 0 Å². The Morgan fingerprint density at radius 1 is 0.544 bits per heavy atom. The fourth-order valence-corrected chi connectivity index (χ4v) is 11.7. The summed E-state index contributed by atoms with van der Waals surface area (Å²) in [5.74, 6) is -1.35. The van der Waals surface area contributed by atoms with E-state index in [9.17, 15) is 28.8 Å². The monoisotopic (exact) mass is 939 g/mol. The molecule has 8 rings (SSSR count). The van der Waals surface area contributed by atoms with Crippen molar-refractivity contribution in [3.8, 4) is 11.1 Å². The molecule has 6 N–H and O–H groups in total. The zero-order chi connectivity index (χ0) is 47.9. The van der Waals surface area contributed by atoms with Crippen molar-refractivity contribution in [2.24, 2.45) is 11.8 Å². The maximum absolute atomic E-state index is 14.4. The molecule has 8 atom stereocenters. The van der Waals surface area contributed by atoms with Gasteiger partial charge in [-0.15, -0.1) is 0 Å². The van der Waals surface area contributed by atoms with E-state index in [0.29, 0.717) is 90.9 Å². The minimum absolute atomic E-state index is 0.0738. The number of ether oxygens (including phenoxy) is 2. The molecule has 4 saturated heterocycles. The van der Waals surface area contributed by atoms with Crippen molar-refractivity contribution < 1.29 is 38.2 Å². The highest BCUT2D eigenvalue weighted by Gasteiger charge is 2.44. The van der Waals surface area contributed by atoms with Gasteiger partial charge in [0.2, 0.25) is 35.4 Å². The van der Waals surface area contributed by atoms with Crippen LogP contribution in [0.2, 0.25) is 0 Å². The molecule has 16 heteroatoms. The number of hydrogen-bond acceptors (Lipinski definition) is 10. The van der Waals surface area contributed by atoms with Crippen LogP contribution in [0.5, 0.6) is 0 Å². The number of carbonyl (C=O) groups excluding carboxylic acids is 6. The number of nitrogens with zero attached hydrogens (tertiary/aromatic N) is 2. The van der Waals surface area contributed by atoms with E-state index in [1.165, 1.54) is 11.1 Å². The third kappa shape index (κ3) is 10.8. The Hall–Kier alpha value is -4.90. The van der Waals surface area contributed by atoms with Crippen molar-refractivity contribution >= 4 is 35.4 Å². The minimum atomic E-state index is -0.729. The fraction of sp³-hybridized carbons (Fsp3) is 0.654. The number of carbonyl (C=O) groups is 6. The zero-order valence-corrected chi connectivity index (χ0v) is 40.5. The lowest BCUT2D eigenvalue weighted by molar-refractivity contribution is -0.144. The summed E-state index contributed by atoms with van der Waals surface area (Å²) < 4.78 is 11.2. The first-order valence-electron chi connectivity index (χ1n) is 25.5. The maximum atomic E-state index is 14.4. The van der Waals surface area contributed by atoms with Gasteiger partial charge in [-0.25, -0.2) is 0 Å². The normalized spacial score (nSPS) is 25.0. The molecule has 6 aliphatic rings. The van der Waals surface area contributed by atoms with Crippen LogP contribution in [0.1, 0.15) is 125 Å². The number of hydrogen-bond donors (Lipinski definition) is 6. The lowest BCUT2D eigenvalue weighted by Crippen LogP contribution is -2.58. The Bertz CT molecular complexity index is 2010. The molecule has 2 aromatic rings. The molecule has 0 aromatic heterocycles. The van der Waals surface area contributed by atoms with Crippen LogP contribution in [0.4, 0.5) is 0 Å². The Labute approximate surface area is 401 Å². The second kappa shape index (κ2) is 22.7. The van der Waals surface area contributed by atoms with E-state index in [-0.39, 0.29) is 59.4 Å². The highest BCUT2D eigenvalue weighted by atomic mass is 16.5. The largest absolute Gasteiger partial charge is 0.381 e. The van der Waals surface area contributed by atoms with Crippen LogP contribution in [0, 0.1) is 11.8 Å². The van der Waals surface area contributed by atoms with Gasteiger partial charge in [-0.05, 0) is 163 Å². The third-order valence-electron chi connectivity index (χ3n) is 15.9. The first-order valence-corrected chi connectivity index (χ1v) is 25.5. The van der Waals surface area contributed by atoms with E-state index >= 15 is 0 Å². The van der Waals surface area contributed by atoms with Crippen molar-refractivity contribution in [1.82, 2.24) is 41.7 Å². The predicted molar refractivity (Wildman–Crippen MR) is 257 cm³/mol. The van der Waals surface area contributed by atoms with E-state index in [2.05, 4.69) is 68.3 Å². The molecular weight excluding hydrogens is 865 g/mol. The number of benzene rings is 2. The maximum Gasteiger partial charge on any atom is 0.246 e. The molecule has 4 fully saturated rings. The van der Waals surface area contributed by atoms with Gasteiger partial charge in [-0.2, -0.15) is 0 Å². The number of likely N-dealkylation sites (tertiary alicyclic amines) is 2. The Balaban J connectivity index is 0.970. The number of nitrogens with one attached hydrogen (secondary N) is 6. The van der Waals surface area contributed by atoms with Gasteiger partial charge in [0.1, 0.15) is 24.2 Å². The number of fused-ring (bicyclic) bond motifs is 2. The summed E-state index contributed by atoms with van der Waals surface area (Å²) in [6.45, 7) is 6.58. The Kier molecular flexibility index (Phi) is 16.5. The summed E-state index contributed by atoms with van der Waals surface area (Å²) in [5, 5.41) is 18.8. The van der Waals surface area contributed by atoms with E-state index in [1.54, 1.807) is 37.7 Å². The summed E-state index contributed by atoms with van der Waals surface area (Å²) >= 11 is 0. The third-order valence-corrected chi connectivity index (χ3v) is 15.9. The van der Waals surface area contributed by atoms with Gasteiger partial charge in [-0.3, -0.25) is 28.8 Å². The predicted octanol–water partition coefficient (Wildman–Crippen LogP) is 3.36. The van der Waals surface area contributed by atoms with E-state index in [0.717, 1.165) is 60.8 Å². The number of likely N-dealkylation sites (N-methyl/N-ethyl adjacent to an activating group) is 2. The molecule has 6 amide bonds. The van der Waals surface area contributed by atoms with Crippen molar-refractivity contribution in [1.29, 1.82) is 0 Å². The summed E-state index contributed by atoms with van der Waals surface area (Å²) in [6.07, 6.45) is 10.3. The highest BCUT2D eigenvalue weighted by molar-refractivity contribution is 5.95. The second-order valence-electron chi connectivity index (χ2n) is 19.9. The topological polar surface area (TPSA) is 200 Å². The fourth-order valence-electron chi connectivity index (χ4n) is 11.7. The van der Waals surface area contributed by atoms with Crippen LogP contribution >= 0.6 is 0 Å². The van der Waals surface area contributed by atoms with Crippen molar-refractivity contribution in [3.63, 3.8) is 0 Å². The van der Waals surface area contributed by atoms with E-state index in [1.807, 2.05) is 0 Å². The quantitative estimate of drug-likeness (QED) is 0.154. The summed E-state index contributed by atoms with van der Waals surface area (Å²) in [4.78, 5) is 87.0. The molecule has 4 heterocycles. The van der Waals surface area contributed by atoms with Gasteiger partial charge in [0.05, 0.1) is 24.2 Å². The van der Waals surface area contributed by atoms with Gasteiger partial charge in [0.25, 0.3) is 0 Å². The molecule has 2 aliphatic carbocycles. The summed E-state index contributed by atoms with van der Waals surface area (Å²) in [7, 11) is 3.43. The molecular formula is C52H74N8O8. The Morgan fingerprint density at radius 3 is 1.32 bits per heavy atom.